The molecule has 0 aliphatic heterocycles. The summed E-state index contributed by atoms with van der Waals surface area (Å²) in [6.07, 6.45) is 4.80. The molecule has 5 nitrogen and oxygen atoms in total. The Morgan fingerprint density at radius 2 is 1.59 bits per heavy atom. The number of nitrogens with one attached hydrogen (secondary N) is 2. The second-order valence-electron chi connectivity index (χ2n) is 6.31. The van der Waals surface area contributed by atoms with E-state index < -0.39 is 0 Å². The first-order valence-corrected chi connectivity index (χ1v) is 9.31. The van der Waals surface area contributed by atoms with Crippen LogP contribution in [0.4, 0.5) is 11.8 Å². The van der Waals surface area contributed by atoms with Crippen LogP contribution in [0, 0.1) is 0 Å². The van der Waals surface area contributed by atoms with E-state index in [0.29, 0.717) is 5.95 Å². The Hall–Kier alpha value is -3.08. The predicted octanol–water partition coefficient (Wildman–Crippen LogP) is 4.18. The van der Waals surface area contributed by atoms with Crippen LogP contribution in [-0.4, -0.2) is 30.2 Å². The second kappa shape index (κ2) is 10.2. The number of ether oxygens (including phenoxy) is 1. The summed E-state index contributed by atoms with van der Waals surface area (Å²) in [4.78, 5) is 8.82. The zero-order valence-electron chi connectivity index (χ0n) is 15.7. The molecular weight excluding hydrogens is 336 g/mol. The van der Waals surface area contributed by atoms with Crippen LogP contribution in [0.15, 0.2) is 66.9 Å². The molecule has 0 spiro atoms. The number of rotatable bonds is 10. The molecule has 5 heteroatoms. The average molecular weight is 362 g/mol. The summed E-state index contributed by atoms with van der Waals surface area (Å²) in [5, 5.41) is 6.66. The summed E-state index contributed by atoms with van der Waals surface area (Å²) in [7, 11) is 1.68. The minimum Gasteiger partial charge on any atom is -0.497 e. The largest absolute Gasteiger partial charge is 0.497 e. The van der Waals surface area contributed by atoms with Crippen molar-refractivity contribution in [3.05, 3.63) is 78.0 Å². The van der Waals surface area contributed by atoms with Gasteiger partial charge in [0.2, 0.25) is 5.95 Å². The first-order chi connectivity index (χ1) is 13.3. The van der Waals surface area contributed by atoms with Gasteiger partial charge in [0.25, 0.3) is 0 Å². The van der Waals surface area contributed by atoms with Crippen LogP contribution in [0.1, 0.15) is 17.5 Å². The third-order valence-electron chi connectivity index (χ3n) is 4.30. The molecule has 3 rings (SSSR count). The maximum absolute atomic E-state index is 5.18. The van der Waals surface area contributed by atoms with Gasteiger partial charge in [-0.1, -0.05) is 42.5 Å². The fraction of sp³-hybridized carbons (Fsp3) is 0.273. The lowest BCUT2D eigenvalue weighted by Crippen LogP contribution is -2.10. The van der Waals surface area contributed by atoms with Crippen LogP contribution in [-0.2, 0) is 12.8 Å². The van der Waals surface area contributed by atoms with Gasteiger partial charge in [-0.3, -0.25) is 0 Å². The molecule has 0 aliphatic rings. The van der Waals surface area contributed by atoms with Crippen molar-refractivity contribution in [3.63, 3.8) is 0 Å². The third-order valence-corrected chi connectivity index (χ3v) is 4.30. The molecule has 3 aromatic rings. The Balaban J connectivity index is 1.40. The van der Waals surface area contributed by atoms with Gasteiger partial charge in [-0.15, -0.1) is 0 Å². The minimum absolute atomic E-state index is 0.664. The van der Waals surface area contributed by atoms with Crippen molar-refractivity contribution in [2.45, 2.75) is 19.3 Å². The lowest BCUT2D eigenvalue weighted by Gasteiger charge is -2.09. The Kier molecular flexibility index (Phi) is 7.04. The highest BCUT2D eigenvalue weighted by Gasteiger charge is 2.00. The molecule has 0 saturated heterocycles. The number of methoxy groups -OCH3 is 1. The van der Waals surface area contributed by atoms with Crippen molar-refractivity contribution in [1.82, 2.24) is 9.97 Å². The number of aryl methyl sites for hydroxylation is 1. The van der Waals surface area contributed by atoms with Gasteiger partial charge in [0.1, 0.15) is 11.6 Å². The maximum atomic E-state index is 5.18. The van der Waals surface area contributed by atoms with Gasteiger partial charge < -0.3 is 15.4 Å². The van der Waals surface area contributed by atoms with E-state index in [2.05, 4.69) is 57.0 Å². The number of aromatic nitrogens is 2. The van der Waals surface area contributed by atoms with Crippen LogP contribution in [0.25, 0.3) is 0 Å². The van der Waals surface area contributed by atoms with Crippen molar-refractivity contribution in [1.29, 1.82) is 0 Å². The van der Waals surface area contributed by atoms with E-state index in [-0.39, 0.29) is 0 Å². The quantitative estimate of drug-likeness (QED) is 0.530. The van der Waals surface area contributed by atoms with E-state index in [1.54, 1.807) is 13.3 Å². The number of benzene rings is 2. The molecule has 0 atom stereocenters. The van der Waals surface area contributed by atoms with Gasteiger partial charge in [0, 0.05) is 19.3 Å². The van der Waals surface area contributed by atoms with Crippen molar-refractivity contribution >= 4 is 11.8 Å². The SMILES string of the molecule is COc1ccc(CCNc2ccnc(NCCCc3ccccc3)n2)cc1. The van der Waals surface area contributed by atoms with Crippen LogP contribution >= 0.6 is 0 Å². The van der Waals surface area contributed by atoms with Crippen LogP contribution < -0.4 is 15.4 Å². The smallest absolute Gasteiger partial charge is 0.224 e. The van der Waals surface area contributed by atoms with E-state index in [1.165, 1.54) is 11.1 Å². The predicted molar refractivity (Wildman–Crippen MR) is 110 cm³/mol. The lowest BCUT2D eigenvalue weighted by atomic mass is 10.1. The third kappa shape index (κ3) is 6.29. The number of nitrogens with zero attached hydrogens (tertiary/aromatic N) is 2. The fourth-order valence-electron chi connectivity index (χ4n) is 2.81. The highest BCUT2D eigenvalue weighted by Crippen LogP contribution is 2.12. The lowest BCUT2D eigenvalue weighted by molar-refractivity contribution is 0.414. The minimum atomic E-state index is 0.664. The molecular formula is C22H26N4O. The van der Waals surface area contributed by atoms with Crippen LogP contribution in [0.2, 0.25) is 0 Å². The molecule has 0 aliphatic carbocycles. The highest BCUT2D eigenvalue weighted by atomic mass is 16.5. The molecule has 0 fully saturated rings. The molecule has 27 heavy (non-hydrogen) atoms. The van der Waals surface area contributed by atoms with E-state index in [0.717, 1.165) is 43.9 Å². The van der Waals surface area contributed by atoms with Crippen molar-refractivity contribution in [3.8, 4) is 5.75 Å². The van der Waals surface area contributed by atoms with Crippen molar-refractivity contribution in [2.24, 2.45) is 0 Å². The molecule has 140 valence electrons. The topological polar surface area (TPSA) is 59.1 Å². The molecule has 1 aromatic heterocycles. The van der Waals surface area contributed by atoms with Gasteiger partial charge in [0.15, 0.2) is 0 Å². The van der Waals surface area contributed by atoms with Gasteiger partial charge >= 0.3 is 0 Å². The summed E-state index contributed by atoms with van der Waals surface area (Å²) in [6, 6.07) is 20.5. The molecule has 2 aromatic carbocycles. The molecule has 2 N–H and O–H groups in total. The highest BCUT2D eigenvalue weighted by molar-refractivity contribution is 5.39. The molecule has 1 heterocycles. The Bertz CT molecular complexity index is 806. The second-order valence-corrected chi connectivity index (χ2v) is 6.31. The van der Waals surface area contributed by atoms with E-state index in [9.17, 15) is 0 Å². The molecule has 0 amide bonds. The summed E-state index contributed by atoms with van der Waals surface area (Å²) in [5.41, 5.74) is 2.62. The summed E-state index contributed by atoms with van der Waals surface area (Å²) in [5.74, 6) is 2.38. The molecule has 0 unspecified atom stereocenters. The van der Waals surface area contributed by atoms with Crippen molar-refractivity contribution in [2.75, 3.05) is 30.8 Å². The van der Waals surface area contributed by atoms with Crippen LogP contribution in [0.3, 0.4) is 0 Å². The Morgan fingerprint density at radius 3 is 2.37 bits per heavy atom. The standard InChI is InChI=1S/C22H26N4O/c1-27-20-11-9-19(10-12-20)13-16-23-21-14-17-25-22(26-21)24-15-5-8-18-6-3-2-4-7-18/h2-4,6-7,9-12,14,17H,5,8,13,15-16H2,1H3,(H2,23,24,25,26). The first kappa shape index (κ1) is 18.7. The zero-order chi connectivity index (χ0) is 18.7. The van der Waals surface area contributed by atoms with E-state index >= 15 is 0 Å². The van der Waals surface area contributed by atoms with Gasteiger partial charge in [0.05, 0.1) is 7.11 Å². The maximum Gasteiger partial charge on any atom is 0.224 e. The number of anilines is 2. The van der Waals surface area contributed by atoms with Gasteiger partial charge in [-0.25, -0.2) is 4.98 Å². The summed E-state index contributed by atoms with van der Waals surface area (Å²) >= 11 is 0. The number of hydrogen-bond donors (Lipinski definition) is 2. The zero-order valence-corrected chi connectivity index (χ0v) is 15.7. The summed E-state index contributed by atoms with van der Waals surface area (Å²) < 4.78 is 5.18. The normalized spacial score (nSPS) is 10.4. The molecule has 0 saturated carbocycles. The van der Waals surface area contributed by atoms with Crippen molar-refractivity contribution < 1.29 is 4.74 Å². The van der Waals surface area contributed by atoms with Crippen LogP contribution in [0.5, 0.6) is 5.75 Å². The molecule has 0 radical (unpaired) electrons. The van der Waals surface area contributed by atoms with E-state index in [1.807, 2.05) is 24.3 Å². The Labute approximate surface area is 160 Å². The number of hydrogen-bond acceptors (Lipinski definition) is 5. The monoisotopic (exact) mass is 362 g/mol. The Morgan fingerprint density at radius 1 is 0.815 bits per heavy atom. The fourth-order valence-corrected chi connectivity index (χ4v) is 2.81. The summed E-state index contributed by atoms with van der Waals surface area (Å²) in [6.45, 7) is 1.67. The molecule has 0 bridgehead atoms. The van der Waals surface area contributed by atoms with Gasteiger partial charge in [-0.05, 0) is 48.6 Å². The van der Waals surface area contributed by atoms with Gasteiger partial charge in [-0.2, -0.15) is 4.98 Å². The van der Waals surface area contributed by atoms with E-state index in [4.69, 9.17) is 4.74 Å². The average Bonchev–Trinajstić information content (AvgIpc) is 2.73. The first-order valence-electron chi connectivity index (χ1n) is 9.31.